The van der Waals surface area contributed by atoms with Gasteiger partial charge in [-0.1, -0.05) is 6.07 Å². The minimum atomic E-state index is -1.17. The highest BCUT2D eigenvalue weighted by molar-refractivity contribution is 7.84. The topological polar surface area (TPSA) is 77.3 Å². The molecule has 1 unspecified atom stereocenters. The molecule has 1 atom stereocenters. The van der Waals surface area contributed by atoms with Crippen LogP contribution in [0.5, 0.6) is 0 Å². The van der Waals surface area contributed by atoms with Crippen LogP contribution in [-0.2, 0) is 15.5 Å². The van der Waals surface area contributed by atoms with Crippen molar-refractivity contribution in [2.24, 2.45) is 0 Å². The first-order valence-corrected chi connectivity index (χ1v) is 9.84. The Kier molecular flexibility index (Phi) is 4.52. The number of carbonyl (C=O) groups is 1. The summed E-state index contributed by atoms with van der Waals surface area (Å²) in [5.41, 5.74) is 1.35. The van der Waals surface area contributed by atoms with Crippen LogP contribution in [0.25, 0.3) is 16.9 Å². The number of morpholine rings is 1. The molecule has 4 rings (SSSR count). The first-order valence-electron chi connectivity index (χ1n) is 8.28. The minimum Gasteiger partial charge on any atom is -0.378 e. The van der Waals surface area contributed by atoms with Gasteiger partial charge in [-0.25, -0.2) is 9.97 Å². The molecule has 1 amide bonds. The maximum absolute atomic E-state index is 12.8. The van der Waals surface area contributed by atoms with E-state index >= 15 is 0 Å². The number of fused-ring (bicyclic) bond motifs is 1. The number of aromatic nitrogens is 3. The fraction of sp³-hybridized carbons (Fsp3) is 0.278. The van der Waals surface area contributed by atoms with Crippen LogP contribution in [0.15, 0.2) is 47.8 Å². The van der Waals surface area contributed by atoms with Gasteiger partial charge < -0.3 is 9.64 Å². The van der Waals surface area contributed by atoms with E-state index in [1.807, 2.05) is 12.1 Å². The molecule has 0 spiro atoms. The monoisotopic (exact) mass is 370 g/mol. The van der Waals surface area contributed by atoms with Crippen molar-refractivity contribution in [3.8, 4) is 5.95 Å². The third kappa shape index (κ3) is 3.02. The van der Waals surface area contributed by atoms with Crippen LogP contribution < -0.4 is 0 Å². The summed E-state index contributed by atoms with van der Waals surface area (Å²) in [7, 11) is -1.17. The van der Waals surface area contributed by atoms with Gasteiger partial charge in [0.25, 0.3) is 5.91 Å². The number of hydrogen-bond acceptors (Lipinski definition) is 5. The fourth-order valence-corrected chi connectivity index (χ4v) is 3.82. The van der Waals surface area contributed by atoms with Crippen molar-refractivity contribution in [3.05, 3.63) is 48.4 Å². The van der Waals surface area contributed by atoms with Gasteiger partial charge in [-0.05, 0) is 18.2 Å². The number of carbonyl (C=O) groups excluding carboxylic acids is 1. The van der Waals surface area contributed by atoms with Crippen molar-refractivity contribution in [2.45, 2.75) is 4.90 Å². The maximum Gasteiger partial charge on any atom is 0.254 e. The minimum absolute atomic E-state index is 0.0314. The summed E-state index contributed by atoms with van der Waals surface area (Å²) in [4.78, 5) is 23.8. The molecule has 0 bridgehead atoms. The van der Waals surface area contributed by atoms with E-state index in [1.165, 1.54) is 0 Å². The predicted molar refractivity (Wildman–Crippen MR) is 97.9 cm³/mol. The van der Waals surface area contributed by atoms with Crippen LogP contribution >= 0.6 is 0 Å². The Labute approximate surface area is 153 Å². The zero-order chi connectivity index (χ0) is 18.1. The van der Waals surface area contributed by atoms with Gasteiger partial charge in [-0.3, -0.25) is 13.6 Å². The van der Waals surface area contributed by atoms with Gasteiger partial charge in [-0.15, -0.1) is 0 Å². The SMILES string of the molecule is CS(=O)c1cn(-c2ncccn2)c2cc(C(=O)N3CCOCC3)ccc12. The number of benzene rings is 1. The van der Waals surface area contributed by atoms with Crippen LogP contribution in [-0.4, -0.2) is 62.1 Å². The van der Waals surface area contributed by atoms with E-state index in [4.69, 9.17) is 4.74 Å². The number of nitrogens with zero attached hydrogens (tertiary/aromatic N) is 4. The second kappa shape index (κ2) is 6.97. The average molecular weight is 370 g/mol. The first-order chi connectivity index (χ1) is 12.6. The summed E-state index contributed by atoms with van der Waals surface area (Å²) in [6.45, 7) is 2.29. The summed E-state index contributed by atoms with van der Waals surface area (Å²) in [5.74, 6) is 0.446. The molecule has 1 fully saturated rings. The molecule has 0 radical (unpaired) electrons. The van der Waals surface area contributed by atoms with Gasteiger partial charge >= 0.3 is 0 Å². The first kappa shape index (κ1) is 16.9. The van der Waals surface area contributed by atoms with Crippen molar-refractivity contribution in [3.63, 3.8) is 0 Å². The second-order valence-corrected chi connectivity index (χ2v) is 7.35. The van der Waals surface area contributed by atoms with Crippen LogP contribution in [0.4, 0.5) is 0 Å². The molecule has 0 saturated carbocycles. The molecule has 7 nitrogen and oxygen atoms in total. The highest BCUT2D eigenvalue weighted by Crippen LogP contribution is 2.27. The van der Waals surface area contributed by atoms with Crippen molar-refractivity contribution < 1.29 is 13.7 Å². The summed E-state index contributed by atoms with van der Waals surface area (Å²) in [5, 5.41) is 0.830. The highest BCUT2D eigenvalue weighted by atomic mass is 32.2. The smallest absolute Gasteiger partial charge is 0.254 e. The Balaban J connectivity index is 1.83. The largest absolute Gasteiger partial charge is 0.378 e. The van der Waals surface area contributed by atoms with Gasteiger partial charge in [0.2, 0.25) is 5.95 Å². The van der Waals surface area contributed by atoms with Gasteiger partial charge in [0.05, 0.1) is 34.4 Å². The lowest BCUT2D eigenvalue weighted by atomic mass is 10.1. The molecule has 3 aromatic rings. The Morgan fingerprint density at radius 1 is 1.19 bits per heavy atom. The van der Waals surface area contributed by atoms with E-state index in [2.05, 4.69) is 9.97 Å². The van der Waals surface area contributed by atoms with Crippen LogP contribution in [0.3, 0.4) is 0 Å². The Hall–Kier alpha value is -2.58. The van der Waals surface area contributed by atoms with Crippen molar-refractivity contribution in [2.75, 3.05) is 32.6 Å². The molecular formula is C18H18N4O3S. The summed E-state index contributed by atoms with van der Waals surface area (Å²) >= 11 is 0. The van der Waals surface area contributed by atoms with E-state index in [0.717, 1.165) is 10.9 Å². The Morgan fingerprint density at radius 3 is 2.62 bits per heavy atom. The molecule has 3 heterocycles. The maximum atomic E-state index is 12.8. The molecule has 1 aliphatic heterocycles. The van der Waals surface area contributed by atoms with E-state index in [9.17, 15) is 9.00 Å². The average Bonchev–Trinajstić information content (AvgIpc) is 3.08. The molecule has 26 heavy (non-hydrogen) atoms. The van der Waals surface area contributed by atoms with Crippen molar-refractivity contribution in [1.29, 1.82) is 0 Å². The molecule has 1 aromatic carbocycles. The second-order valence-electron chi connectivity index (χ2n) is 6.00. The van der Waals surface area contributed by atoms with E-state index in [0.29, 0.717) is 42.7 Å². The summed E-state index contributed by atoms with van der Waals surface area (Å²) < 4.78 is 19.2. The van der Waals surface area contributed by atoms with Crippen LogP contribution in [0.2, 0.25) is 0 Å². The van der Waals surface area contributed by atoms with Crippen LogP contribution in [0.1, 0.15) is 10.4 Å². The third-order valence-electron chi connectivity index (χ3n) is 4.39. The molecule has 1 aliphatic rings. The Bertz CT molecular complexity index is 981. The zero-order valence-electron chi connectivity index (χ0n) is 14.3. The molecular weight excluding hydrogens is 352 g/mol. The summed E-state index contributed by atoms with van der Waals surface area (Å²) in [6, 6.07) is 7.19. The number of hydrogen-bond donors (Lipinski definition) is 0. The molecule has 2 aromatic heterocycles. The molecule has 134 valence electrons. The lowest BCUT2D eigenvalue weighted by Crippen LogP contribution is -2.40. The van der Waals surface area contributed by atoms with Crippen LogP contribution in [0, 0.1) is 0 Å². The Morgan fingerprint density at radius 2 is 1.92 bits per heavy atom. The quantitative estimate of drug-likeness (QED) is 0.700. The number of rotatable bonds is 3. The zero-order valence-corrected chi connectivity index (χ0v) is 15.1. The van der Waals surface area contributed by atoms with Gasteiger partial charge in [0.1, 0.15) is 0 Å². The normalized spacial score (nSPS) is 16.0. The van der Waals surface area contributed by atoms with Crippen molar-refractivity contribution in [1.82, 2.24) is 19.4 Å². The lowest BCUT2D eigenvalue weighted by Gasteiger charge is -2.26. The molecule has 0 N–H and O–H groups in total. The molecule has 0 aliphatic carbocycles. The molecule has 8 heteroatoms. The number of amides is 1. The van der Waals surface area contributed by atoms with E-state index in [-0.39, 0.29) is 5.91 Å². The highest BCUT2D eigenvalue weighted by Gasteiger charge is 2.21. The standard InChI is InChI=1S/C18H18N4O3S/c1-26(24)16-12-22(18-19-5-2-6-20-18)15-11-13(3-4-14(15)16)17(23)21-7-9-25-10-8-21/h2-6,11-12H,7-10H2,1H3. The van der Waals surface area contributed by atoms with Gasteiger partial charge in [0, 0.05) is 48.9 Å². The third-order valence-corrected chi connectivity index (χ3v) is 5.34. The van der Waals surface area contributed by atoms with Gasteiger partial charge in [-0.2, -0.15) is 0 Å². The molecule has 1 saturated heterocycles. The predicted octanol–water partition coefficient (Wildman–Crippen LogP) is 1.63. The van der Waals surface area contributed by atoms with Gasteiger partial charge in [0.15, 0.2) is 0 Å². The lowest BCUT2D eigenvalue weighted by molar-refractivity contribution is 0.0303. The van der Waals surface area contributed by atoms with E-state index in [1.54, 1.807) is 46.4 Å². The summed E-state index contributed by atoms with van der Waals surface area (Å²) in [6.07, 6.45) is 6.72. The fourth-order valence-electron chi connectivity index (χ4n) is 3.09. The number of ether oxygens (including phenoxy) is 1. The van der Waals surface area contributed by atoms with Crippen molar-refractivity contribution >= 4 is 27.6 Å². The van der Waals surface area contributed by atoms with E-state index < -0.39 is 10.8 Å².